The van der Waals surface area contributed by atoms with Crippen molar-refractivity contribution in [1.82, 2.24) is 0 Å². The number of rotatable bonds is 14. The van der Waals surface area contributed by atoms with Gasteiger partial charge < -0.3 is 59.6 Å². The van der Waals surface area contributed by atoms with Crippen LogP contribution in [0.15, 0.2) is 54.6 Å². The molecule has 0 saturated carbocycles. The van der Waals surface area contributed by atoms with E-state index in [0.717, 1.165) is 24.0 Å². The molecule has 0 bridgehead atoms. The summed E-state index contributed by atoms with van der Waals surface area (Å²) >= 11 is 0. The lowest BCUT2D eigenvalue weighted by Crippen LogP contribution is -2.32. The van der Waals surface area contributed by atoms with E-state index in [0.29, 0.717) is 25.1 Å². The van der Waals surface area contributed by atoms with Crippen molar-refractivity contribution in [2.24, 2.45) is 34.4 Å². The molecule has 2 aromatic carbocycles. The molecule has 0 spiro atoms. The van der Waals surface area contributed by atoms with E-state index in [1.165, 1.54) is 0 Å². The number of carboxylic acid groups (broad SMARTS) is 4. The summed E-state index contributed by atoms with van der Waals surface area (Å²) in [6, 6.07) is 13.3. The number of unbranched alkanes of at least 4 members (excludes halogenated alkanes) is 1. The Bertz CT molecular complexity index is 1120. The Labute approximate surface area is 254 Å². The third-order valence-corrected chi connectivity index (χ3v) is 5.17. The second-order valence-corrected chi connectivity index (χ2v) is 8.93. The zero-order valence-electron chi connectivity index (χ0n) is 24.3. The highest BCUT2D eigenvalue weighted by atomic mass is 16.5. The van der Waals surface area contributed by atoms with Gasteiger partial charge in [-0.05, 0) is 55.5 Å². The molecule has 0 fully saturated rings. The number of carboxylic acids is 4. The molecule has 0 aliphatic carbocycles. The monoisotopic (exact) mass is 624 g/mol. The van der Waals surface area contributed by atoms with E-state index in [-0.39, 0.29) is 19.5 Å². The van der Waals surface area contributed by atoms with Crippen LogP contribution in [0.2, 0.25) is 0 Å². The number of benzene rings is 2. The minimum atomic E-state index is -1.05. The Kier molecular flexibility index (Phi) is 23.8. The van der Waals surface area contributed by atoms with Gasteiger partial charge in [-0.15, -0.1) is 0 Å². The highest BCUT2D eigenvalue weighted by Gasteiger charge is 2.13. The summed E-state index contributed by atoms with van der Waals surface area (Å²) in [4.78, 5) is 51.2. The number of carbonyl (C=O) groups excluding carboxylic acids is 1. The SMILES string of the molecule is NCC(=O)O.NCC(=O)Oc1ccc(C[C@H](N)C(=O)O)cc1.NCCCC[C@H](N)C(=O)O.N[C@@H](Cc1ccccc1)C(=O)O. The van der Waals surface area contributed by atoms with Crippen LogP contribution in [0.25, 0.3) is 0 Å². The fourth-order valence-corrected chi connectivity index (χ4v) is 2.80. The Morgan fingerprint density at radius 1 is 0.614 bits per heavy atom. The molecular formula is C28H44N6O10. The van der Waals surface area contributed by atoms with Crippen molar-refractivity contribution in [2.75, 3.05) is 19.6 Å². The second-order valence-electron chi connectivity index (χ2n) is 8.93. The molecule has 16 N–H and O–H groups in total. The van der Waals surface area contributed by atoms with Gasteiger partial charge in [0, 0.05) is 0 Å². The van der Waals surface area contributed by atoms with Gasteiger partial charge in [-0.25, -0.2) is 0 Å². The average molecular weight is 625 g/mol. The fourth-order valence-electron chi connectivity index (χ4n) is 2.80. The molecule has 0 aromatic heterocycles. The predicted molar refractivity (Wildman–Crippen MR) is 161 cm³/mol. The zero-order chi connectivity index (χ0) is 34.1. The molecule has 2 rings (SSSR count). The van der Waals surface area contributed by atoms with Crippen LogP contribution >= 0.6 is 0 Å². The van der Waals surface area contributed by atoms with Crippen molar-refractivity contribution in [3.05, 3.63) is 65.7 Å². The summed E-state index contributed by atoms with van der Waals surface area (Å²) in [6.07, 6.45) is 2.77. The number of carbonyl (C=O) groups is 5. The maximum Gasteiger partial charge on any atom is 0.325 e. The quantitative estimate of drug-likeness (QED) is 0.0663. The predicted octanol–water partition coefficient (Wildman–Crippen LogP) is -1.30. The van der Waals surface area contributed by atoms with Crippen molar-refractivity contribution in [1.29, 1.82) is 0 Å². The molecule has 3 atom stereocenters. The number of hydrogen-bond acceptors (Lipinski definition) is 12. The lowest BCUT2D eigenvalue weighted by Gasteiger charge is -2.07. The standard InChI is InChI=1S/C11H14N2O4.C9H11NO2.C6H14N2O2.C2H5NO2/c12-6-10(14)17-8-3-1-7(2-4-8)5-9(13)11(15)16;10-8(9(11)12)6-7-4-2-1-3-5-7;7-4-2-1-3-5(8)6(9)10;3-1-2(4)5/h1-4,9H,5-6,12-13H2,(H,15,16);1-5,8H,6,10H2,(H,11,12);5H,1-4,7-8H2,(H,9,10);1,3H2,(H,4,5)/t9-;8-;5-;/m000./s1. The number of esters is 1. The molecule has 0 amide bonds. The van der Waals surface area contributed by atoms with Crippen molar-refractivity contribution in [3.8, 4) is 5.75 Å². The van der Waals surface area contributed by atoms with Crippen molar-refractivity contribution >= 4 is 29.8 Å². The summed E-state index contributed by atoms with van der Waals surface area (Å²) in [5.74, 6) is -4.07. The molecule has 44 heavy (non-hydrogen) atoms. The number of nitrogens with two attached hydrogens (primary N) is 6. The summed E-state index contributed by atoms with van der Waals surface area (Å²) in [5.41, 5.74) is 32.5. The first-order chi connectivity index (χ1) is 20.7. The molecule has 0 aliphatic heterocycles. The summed E-state index contributed by atoms with van der Waals surface area (Å²) in [5, 5.41) is 33.1. The molecule has 0 aliphatic rings. The smallest absolute Gasteiger partial charge is 0.325 e. The van der Waals surface area contributed by atoms with E-state index in [4.69, 9.17) is 53.8 Å². The maximum absolute atomic E-state index is 10.9. The highest BCUT2D eigenvalue weighted by molar-refractivity contribution is 5.75. The zero-order valence-corrected chi connectivity index (χ0v) is 24.3. The first-order valence-corrected chi connectivity index (χ1v) is 13.3. The third kappa shape index (κ3) is 23.1. The van der Waals surface area contributed by atoms with E-state index in [9.17, 15) is 24.0 Å². The molecule has 0 radical (unpaired) electrons. The van der Waals surface area contributed by atoms with E-state index in [2.05, 4.69) is 5.73 Å². The van der Waals surface area contributed by atoms with Gasteiger partial charge in [0.2, 0.25) is 0 Å². The van der Waals surface area contributed by atoms with Crippen LogP contribution in [-0.4, -0.2) is 88.0 Å². The van der Waals surface area contributed by atoms with Gasteiger partial charge in [0.05, 0.1) is 13.1 Å². The molecule has 0 saturated heterocycles. The van der Waals surface area contributed by atoms with Gasteiger partial charge in [0.25, 0.3) is 0 Å². The van der Waals surface area contributed by atoms with Gasteiger partial charge in [-0.3, -0.25) is 24.0 Å². The van der Waals surface area contributed by atoms with Gasteiger partial charge in [-0.1, -0.05) is 48.9 Å². The lowest BCUT2D eigenvalue weighted by atomic mass is 10.1. The van der Waals surface area contributed by atoms with Crippen molar-refractivity contribution in [2.45, 2.75) is 50.2 Å². The van der Waals surface area contributed by atoms with E-state index < -0.39 is 48.0 Å². The van der Waals surface area contributed by atoms with Crippen LogP contribution in [0.3, 0.4) is 0 Å². The van der Waals surface area contributed by atoms with Gasteiger partial charge >= 0.3 is 29.8 Å². The molecular weight excluding hydrogens is 580 g/mol. The topological polar surface area (TPSA) is 332 Å². The number of hydrogen-bond donors (Lipinski definition) is 10. The second kappa shape index (κ2) is 25.1. The van der Waals surface area contributed by atoms with Crippen LogP contribution in [-0.2, 0) is 36.8 Å². The number of ether oxygens (including phenoxy) is 1. The van der Waals surface area contributed by atoms with Crippen LogP contribution in [0.4, 0.5) is 0 Å². The summed E-state index contributed by atoms with van der Waals surface area (Å²) in [6.45, 7) is 0.137. The summed E-state index contributed by atoms with van der Waals surface area (Å²) < 4.78 is 4.86. The molecule has 0 unspecified atom stereocenters. The van der Waals surface area contributed by atoms with Crippen molar-refractivity contribution in [3.63, 3.8) is 0 Å². The van der Waals surface area contributed by atoms with E-state index >= 15 is 0 Å². The molecule has 2 aromatic rings. The van der Waals surface area contributed by atoms with Gasteiger partial charge in [-0.2, -0.15) is 0 Å². The fraction of sp³-hybridized carbons (Fsp3) is 0.393. The maximum atomic E-state index is 10.9. The third-order valence-electron chi connectivity index (χ3n) is 5.17. The van der Waals surface area contributed by atoms with Crippen LogP contribution < -0.4 is 39.1 Å². The largest absolute Gasteiger partial charge is 0.480 e. The Morgan fingerprint density at radius 2 is 1.05 bits per heavy atom. The first kappa shape index (κ1) is 41.7. The lowest BCUT2D eigenvalue weighted by molar-refractivity contribution is -0.139. The van der Waals surface area contributed by atoms with E-state index in [1.54, 1.807) is 24.3 Å². The van der Waals surface area contributed by atoms with Crippen molar-refractivity contribution < 1.29 is 49.1 Å². The Balaban J connectivity index is 0. The van der Waals surface area contributed by atoms with E-state index in [1.807, 2.05) is 30.3 Å². The minimum absolute atomic E-state index is 0.189. The summed E-state index contributed by atoms with van der Waals surface area (Å²) in [7, 11) is 0. The van der Waals surface area contributed by atoms with Crippen LogP contribution in [0.1, 0.15) is 30.4 Å². The highest BCUT2D eigenvalue weighted by Crippen LogP contribution is 2.13. The van der Waals surface area contributed by atoms with Gasteiger partial charge in [0.15, 0.2) is 0 Å². The molecule has 246 valence electrons. The normalized spacial score (nSPS) is 11.8. The first-order valence-electron chi connectivity index (χ1n) is 13.3. The number of aliphatic carboxylic acids is 4. The van der Waals surface area contributed by atoms with Crippen LogP contribution in [0.5, 0.6) is 5.75 Å². The van der Waals surface area contributed by atoms with Crippen LogP contribution in [0, 0.1) is 0 Å². The van der Waals surface area contributed by atoms with Gasteiger partial charge in [0.1, 0.15) is 23.9 Å². The molecule has 16 heteroatoms. The average Bonchev–Trinajstić information content (AvgIpc) is 2.99. The minimum Gasteiger partial charge on any atom is -0.480 e. The molecule has 16 nitrogen and oxygen atoms in total. The molecule has 0 heterocycles. The Hall–Kier alpha value is -4.45. The Morgan fingerprint density at radius 3 is 1.41 bits per heavy atom.